The van der Waals surface area contributed by atoms with E-state index in [1.807, 2.05) is 24.3 Å². The molecule has 0 atom stereocenters. The van der Waals surface area contributed by atoms with Crippen LogP contribution in [0, 0.1) is 0 Å². The summed E-state index contributed by atoms with van der Waals surface area (Å²) in [6.45, 7) is 28.8. The lowest BCUT2D eigenvalue weighted by atomic mass is 9.67. The molecule has 0 heterocycles. The molecule has 4 aromatic rings. The Hall–Kier alpha value is -7.50. The maximum Gasteiger partial charge on any atom is 0.514 e. The van der Waals surface area contributed by atoms with Crippen LogP contribution in [0.4, 0.5) is 28.8 Å². The fourth-order valence-electron chi connectivity index (χ4n) is 7.27. The van der Waals surface area contributed by atoms with Gasteiger partial charge in [0.25, 0.3) is 0 Å². The van der Waals surface area contributed by atoms with Crippen LogP contribution in [0.2, 0.25) is 0 Å². The van der Waals surface area contributed by atoms with Gasteiger partial charge in [0.15, 0.2) is 23.0 Å². The van der Waals surface area contributed by atoms with Crippen molar-refractivity contribution in [3.05, 3.63) is 95.1 Å². The van der Waals surface area contributed by atoms with Crippen LogP contribution in [-0.2, 0) is 33.8 Å². The fourth-order valence-corrected chi connectivity index (χ4v) is 7.27. The summed E-state index contributed by atoms with van der Waals surface area (Å²) in [5.74, 6) is -3.27. The molecule has 394 valence electrons. The Morgan fingerprint density at radius 2 is 0.521 bits per heavy atom. The highest BCUT2D eigenvalue weighted by atomic mass is 16.8. The van der Waals surface area contributed by atoms with Gasteiger partial charge in [0.05, 0.1) is 5.41 Å². The fraction of sp³-hybridized carbons (Fsp3) is 0.455. The van der Waals surface area contributed by atoms with Crippen LogP contribution in [-0.4, -0.2) is 70.5 Å². The molecule has 0 spiro atoms. The standard InChI is InChI=1S/C55H66O18/c1-49(2,3)68-43(56)62-37-27-31(28-38(63-44(57)69-50(4,5)6)41(37)66-47(60)72-53(13,14)15)55(35-25-21-19-23-33(35)34-24-20-22-26-36(34)55)32-29-39(64-45(58)70-51(7,8)9)42(67-48(61)73-54(16,17)18)40(30-32)65-46(59)71-52(10,11)12/h19-30H,1-18H3. The first kappa shape index (κ1) is 56.4. The SMILES string of the molecule is CC(C)(C)OC(=O)Oc1cc(C2(c3cc(OC(=O)OC(C)(C)C)c(OC(=O)OC(C)(C)C)c(OC(=O)OC(C)(C)C)c3)c3ccccc3-c3ccccc32)cc(OC(=O)OC(C)(C)C)c1OC(=O)OC(C)(C)C. The van der Waals surface area contributed by atoms with Crippen molar-refractivity contribution in [2.75, 3.05) is 0 Å². The smallest absolute Gasteiger partial charge is 0.428 e. The largest absolute Gasteiger partial charge is 0.514 e. The van der Waals surface area contributed by atoms with Gasteiger partial charge in [0.2, 0.25) is 11.5 Å². The summed E-state index contributed by atoms with van der Waals surface area (Å²) < 4.78 is 68.5. The highest BCUT2D eigenvalue weighted by molar-refractivity contribution is 5.88. The number of benzene rings is 4. The molecule has 0 N–H and O–H groups in total. The van der Waals surface area contributed by atoms with Crippen molar-refractivity contribution >= 4 is 36.9 Å². The number of ether oxygens (including phenoxy) is 12. The molecule has 0 radical (unpaired) electrons. The van der Waals surface area contributed by atoms with Crippen LogP contribution in [0.25, 0.3) is 11.1 Å². The summed E-state index contributed by atoms with van der Waals surface area (Å²) in [6.07, 6.45) is -7.58. The second kappa shape index (κ2) is 20.5. The topological polar surface area (TPSA) is 213 Å². The Labute approximate surface area is 425 Å². The minimum Gasteiger partial charge on any atom is -0.428 e. The zero-order valence-corrected chi connectivity index (χ0v) is 44.8. The minimum absolute atomic E-state index is 0.116. The van der Waals surface area contributed by atoms with E-state index in [0.29, 0.717) is 22.3 Å². The lowest BCUT2D eigenvalue weighted by Gasteiger charge is -2.35. The molecule has 0 saturated carbocycles. The molecule has 0 aromatic heterocycles. The molecule has 4 aromatic carbocycles. The van der Waals surface area contributed by atoms with Crippen LogP contribution in [0.1, 0.15) is 147 Å². The summed E-state index contributed by atoms with van der Waals surface area (Å²) in [5.41, 5.74) is -5.74. The Kier molecular flexibility index (Phi) is 15.9. The second-order valence-electron chi connectivity index (χ2n) is 22.8. The third-order valence-electron chi connectivity index (χ3n) is 9.34. The normalized spacial score (nSPS) is 13.2. The van der Waals surface area contributed by atoms with E-state index in [-0.39, 0.29) is 11.1 Å². The maximum atomic E-state index is 13.8. The van der Waals surface area contributed by atoms with Gasteiger partial charge in [0.1, 0.15) is 33.6 Å². The third-order valence-corrected chi connectivity index (χ3v) is 9.34. The first-order valence-electron chi connectivity index (χ1n) is 23.3. The lowest BCUT2D eigenvalue weighted by molar-refractivity contribution is 0.0105. The average Bonchev–Trinajstić information content (AvgIpc) is 3.47. The Balaban J connectivity index is 2.03. The number of carbonyl (C=O) groups is 6. The first-order chi connectivity index (χ1) is 33.3. The van der Waals surface area contributed by atoms with Gasteiger partial charge in [0, 0.05) is 0 Å². The van der Waals surface area contributed by atoms with Crippen LogP contribution >= 0.6 is 0 Å². The first-order valence-corrected chi connectivity index (χ1v) is 23.3. The summed E-state index contributed by atoms with van der Waals surface area (Å²) in [4.78, 5) is 82.3. The van der Waals surface area contributed by atoms with Gasteiger partial charge in [-0.3, -0.25) is 0 Å². The third kappa shape index (κ3) is 15.3. The summed E-state index contributed by atoms with van der Waals surface area (Å²) in [6, 6.07) is 19.8. The monoisotopic (exact) mass is 1010 g/mol. The molecular formula is C55H66O18. The Bertz CT molecular complexity index is 2470. The predicted octanol–water partition coefficient (Wildman–Crippen LogP) is 13.9. The van der Waals surface area contributed by atoms with E-state index in [0.717, 1.165) is 0 Å². The number of carbonyl (C=O) groups excluding carboxylic acids is 6. The minimum atomic E-state index is -1.75. The van der Waals surface area contributed by atoms with E-state index in [1.165, 1.54) is 24.3 Å². The van der Waals surface area contributed by atoms with Crippen molar-refractivity contribution in [1.29, 1.82) is 0 Å². The molecule has 18 heteroatoms. The average molecular weight is 1020 g/mol. The number of hydrogen-bond donors (Lipinski definition) is 0. The van der Waals surface area contributed by atoms with Gasteiger partial charge in [-0.25, -0.2) is 28.8 Å². The highest BCUT2D eigenvalue weighted by Gasteiger charge is 2.49. The molecule has 5 rings (SSSR count). The molecular weight excluding hydrogens is 949 g/mol. The van der Waals surface area contributed by atoms with Crippen molar-refractivity contribution in [2.24, 2.45) is 0 Å². The van der Waals surface area contributed by atoms with E-state index in [2.05, 4.69) is 0 Å². The summed E-state index contributed by atoms with van der Waals surface area (Å²) >= 11 is 0. The van der Waals surface area contributed by atoms with E-state index in [4.69, 9.17) is 56.8 Å². The lowest BCUT2D eigenvalue weighted by Crippen LogP contribution is -2.31. The number of hydrogen-bond acceptors (Lipinski definition) is 18. The van der Waals surface area contributed by atoms with Crippen molar-refractivity contribution in [3.8, 4) is 45.6 Å². The van der Waals surface area contributed by atoms with Crippen LogP contribution in [0.15, 0.2) is 72.8 Å². The maximum absolute atomic E-state index is 13.8. The molecule has 1 aliphatic carbocycles. The highest BCUT2D eigenvalue weighted by Crippen LogP contribution is 2.60. The molecule has 0 amide bonds. The molecule has 0 saturated heterocycles. The van der Waals surface area contributed by atoms with E-state index < -0.39 is 110 Å². The van der Waals surface area contributed by atoms with Gasteiger partial charge in [-0.1, -0.05) is 48.5 Å². The molecule has 73 heavy (non-hydrogen) atoms. The predicted molar refractivity (Wildman–Crippen MR) is 265 cm³/mol. The zero-order valence-electron chi connectivity index (χ0n) is 44.8. The molecule has 0 aliphatic heterocycles. The van der Waals surface area contributed by atoms with Crippen molar-refractivity contribution in [3.63, 3.8) is 0 Å². The second-order valence-corrected chi connectivity index (χ2v) is 22.8. The summed E-state index contributed by atoms with van der Waals surface area (Å²) in [5, 5.41) is 0. The summed E-state index contributed by atoms with van der Waals surface area (Å²) in [7, 11) is 0. The molecule has 18 nitrogen and oxygen atoms in total. The van der Waals surface area contributed by atoms with Crippen LogP contribution < -0.4 is 28.4 Å². The van der Waals surface area contributed by atoms with Gasteiger partial charge >= 0.3 is 36.9 Å². The van der Waals surface area contributed by atoms with Gasteiger partial charge < -0.3 is 56.8 Å². The molecule has 0 bridgehead atoms. The van der Waals surface area contributed by atoms with E-state index >= 15 is 0 Å². The quantitative estimate of drug-likeness (QED) is 0.0802. The molecule has 0 fully saturated rings. The van der Waals surface area contributed by atoms with Gasteiger partial charge in [-0.05, 0) is 182 Å². The molecule has 0 unspecified atom stereocenters. The van der Waals surface area contributed by atoms with Crippen molar-refractivity contribution in [1.82, 2.24) is 0 Å². The van der Waals surface area contributed by atoms with E-state index in [1.54, 1.807) is 149 Å². The Morgan fingerprint density at radius 1 is 0.315 bits per heavy atom. The zero-order chi connectivity index (χ0) is 54.9. The van der Waals surface area contributed by atoms with Gasteiger partial charge in [-0.2, -0.15) is 0 Å². The van der Waals surface area contributed by atoms with Crippen molar-refractivity contribution in [2.45, 2.75) is 164 Å². The van der Waals surface area contributed by atoms with Crippen molar-refractivity contribution < 1.29 is 85.6 Å². The number of fused-ring (bicyclic) bond motifs is 3. The number of rotatable bonds is 8. The molecule has 1 aliphatic rings. The Morgan fingerprint density at radius 3 is 0.740 bits per heavy atom. The van der Waals surface area contributed by atoms with E-state index in [9.17, 15) is 28.8 Å². The van der Waals surface area contributed by atoms with Gasteiger partial charge in [-0.15, -0.1) is 0 Å². The van der Waals surface area contributed by atoms with Crippen LogP contribution in [0.5, 0.6) is 34.5 Å². The van der Waals surface area contributed by atoms with Crippen LogP contribution in [0.3, 0.4) is 0 Å².